The van der Waals surface area contributed by atoms with E-state index in [4.69, 9.17) is 10.5 Å². The summed E-state index contributed by atoms with van der Waals surface area (Å²) in [6.07, 6.45) is 7.35. The van der Waals surface area contributed by atoms with Gasteiger partial charge in [0.1, 0.15) is 11.4 Å². The lowest BCUT2D eigenvalue weighted by molar-refractivity contribution is 0.356. The molecule has 1 aromatic rings. The predicted molar refractivity (Wildman–Crippen MR) is 106 cm³/mol. The van der Waals surface area contributed by atoms with E-state index in [0.717, 1.165) is 56.1 Å². The van der Waals surface area contributed by atoms with E-state index in [1.165, 1.54) is 16.7 Å². The summed E-state index contributed by atoms with van der Waals surface area (Å²) < 4.78 is 5.95. The zero-order valence-electron chi connectivity index (χ0n) is 15.5. The largest absolute Gasteiger partial charge is 0.492 e. The monoisotopic (exact) mass is 353 g/mol. The number of aliphatic imine (C=N–C) groups is 1. The topological polar surface area (TPSA) is 83.7 Å². The molecule has 0 fully saturated rings. The molecule has 26 heavy (non-hydrogen) atoms. The van der Waals surface area contributed by atoms with Gasteiger partial charge in [0.2, 0.25) is 5.96 Å². The Morgan fingerprint density at radius 2 is 2.19 bits per heavy atom. The van der Waals surface area contributed by atoms with Crippen LogP contribution in [0.5, 0.6) is 5.75 Å². The first-order valence-corrected chi connectivity index (χ1v) is 9.32. The third kappa shape index (κ3) is 3.61. The molecule has 4 rings (SSSR count). The smallest absolute Gasteiger partial charge is 0.202 e. The summed E-state index contributed by atoms with van der Waals surface area (Å²) in [5.41, 5.74) is 11.3. The third-order valence-electron chi connectivity index (χ3n) is 4.87. The fourth-order valence-corrected chi connectivity index (χ4v) is 3.82. The van der Waals surface area contributed by atoms with Gasteiger partial charge in [0.05, 0.1) is 6.61 Å². The van der Waals surface area contributed by atoms with E-state index in [-0.39, 0.29) is 0 Å². The molecule has 1 aromatic carbocycles. The van der Waals surface area contributed by atoms with Crippen LogP contribution in [0, 0.1) is 0 Å². The molecule has 0 radical (unpaired) electrons. The third-order valence-corrected chi connectivity index (χ3v) is 4.87. The number of hydrogen-bond donors (Lipinski definition) is 4. The van der Waals surface area contributed by atoms with Gasteiger partial charge in [-0.15, -0.1) is 0 Å². The Morgan fingerprint density at radius 3 is 3.04 bits per heavy atom. The van der Waals surface area contributed by atoms with Gasteiger partial charge in [0, 0.05) is 35.5 Å². The first kappa shape index (κ1) is 17.1. The second-order valence-electron chi connectivity index (χ2n) is 7.43. The number of rotatable bonds is 2. The Bertz CT molecular complexity index is 807. The lowest BCUT2D eigenvalue weighted by Gasteiger charge is -2.29. The van der Waals surface area contributed by atoms with Crippen molar-refractivity contribution in [3.05, 3.63) is 41.1 Å². The minimum atomic E-state index is -0.605. The maximum absolute atomic E-state index is 6.22. The highest BCUT2D eigenvalue weighted by Crippen LogP contribution is 2.38. The van der Waals surface area contributed by atoms with E-state index >= 15 is 0 Å². The molecule has 5 N–H and O–H groups in total. The van der Waals surface area contributed by atoms with Gasteiger partial charge in [0.15, 0.2) is 0 Å². The molecule has 0 amide bonds. The maximum atomic E-state index is 6.22. The summed E-state index contributed by atoms with van der Waals surface area (Å²) >= 11 is 0. The van der Waals surface area contributed by atoms with Crippen LogP contribution in [0.4, 0.5) is 5.69 Å². The number of hydrogen-bond acceptors (Lipinski definition) is 6. The van der Waals surface area contributed by atoms with Crippen molar-refractivity contribution in [3.63, 3.8) is 0 Å². The minimum absolute atomic E-state index is 0.605. The number of benzene rings is 1. The summed E-state index contributed by atoms with van der Waals surface area (Å²) in [4.78, 5) is 4.54. The molecule has 6 nitrogen and oxygen atoms in total. The van der Waals surface area contributed by atoms with E-state index in [9.17, 15) is 0 Å². The normalized spacial score (nSPS) is 25.1. The summed E-state index contributed by atoms with van der Waals surface area (Å²) in [5.74, 6) is 1.72. The quantitative estimate of drug-likeness (QED) is 0.656. The van der Waals surface area contributed by atoms with Crippen LogP contribution in [0.3, 0.4) is 0 Å². The molecule has 3 aliphatic rings. The van der Waals surface area contributed by atoms with Crippen molar-refractivity contribution < 1.29 is 4.74 Å². The van der Waals surface area contributed by atoms with Crippen molar-refractivity contribution in [3.8, 4) is 5.75 Å². The molecule has 0 spiro atoms. The number of allylic oxidation sites excluding steroid dienone is 2. The molecule has 0 aromatic heterocycles. The second kappa shape index (κ2) is 6.78. The molecule has 3 aliphatic heterocycles. The van der Waals surface area contributed by atoms with Gasteiger partial charge in [-0.1, -0.05) is 6.08 Å². The van der Waals surface area contributed by atoms with Gasteiger partial charge in [0.25, 0.3) is 0 Å². The lowest BCUT2D eigenvalue weighted by Crippen LogP contribution is -2.55. The fraction of sp³-hybridized carbons (Fsp3) is 0.450. The van der Waals surface area contributed by atoms with Crippen LogP contribution < -0.4 is 26.4 Å². The molecule has 0 saturated carbocycles. The Kier molecular flexibility index (Phi) is 4.46. The molecule has 0 bridgehead atoms. The van der Waals surface area contributed by atoms with Crippen molar-refractivity contribution in [2.75, 3.05) is 25.0 Å². The zero-order chi connectivity index (χ0) is 18.1. The van der Waals surface area contributed by atoms with Crippen molar-refractivity contribution in [2.45, 2.75) is 38.8 Å². The van der Waals surface area contributed by atoms with Crippen LogP contribution in [-0.2, 0) is 6.42 Å². The van der Waals surface area contributed by atoms with Gasteiger partial charge in [-0.3, -0.25) is 0 Å². The van der Waals surface area contributed by atoms with Gasteiger partial charge >= 0.3 is 0 Å². The van der Waals surface area contributed by atoms with Gasteiger partial charge < -0.3 is 26.4 Å². The molecule has 1 atom stereocenters. The van der Waals surface area contributed by atoms with Crippen LogP contribution in [0.1, 0.15) is 37.8 Å². The SMILES string of the molecule is CC1=CC(C)(N)NC(Nc2cc3c(c(C4=CCNCCC4)c2)OCC3)=N1. The summed E-state index contributed by atoms with van der Waals surface area (Å²) in [5, 5.41) is 10.1. The van der Waals surface area contributed by atoms with Crippen molar-refractivity contribution in [1.29, 1.82) is 0 Å². The number of nitrogens with zero attached hydrogens (tertiary/aromatic N) is 1. The average Bonchev–Trinajstić information content (AvgIpc) is 2.86. The van der Waals surface area contributed by atoms with Crippen molar-refractivity contribution in [1.82, 2.24) is 10.6 Å². The van der Waals surface area contributed by atoms with Crippen LogP contribution in [0.25, 0.3) is 5.57 Å². The number of ether oxygens (including phenoxy) is 1. The number of anilines is 1. The van der Waals surface area contributed by atoms with Crippen LogP contribution in [0.2, 0.25) is 0 Å². The molecule has 138 valence electrons. The first-order valence-electron chi connectivity index (χ1n) is 9.32. The van der Waals surface area contributed by atoms with Gasteiger partial charge in [-0.25, -0.2) is 4.99 Å². The lowest BCUT2D eigenvalue weighted by atomic mass is 9.97. The van der Waals surface area contributed by atoms with Crippen LogP contribution in [0.15, 0.2) is 35.0 Å². The summed E-state index contributed by atoms with van der Waals surface area (Å²) in [6.45, 7) is 6.60. The summed E-state index contributed by atoms with van der Waals surface area (Å²) in [6, 6.07) is 4.33. The molecule has 1 unspecified atom stereocenters. The zero-order valence-corrected chi connectivity index (χ0v) is 15.5. The first-order chi connectivity index (χ1) is 12.5. The standard InChI is InChI=1S/C20H27N5O/c1-13-12-20(2,21)25-19(23-13)24-16-10-15-6-9-26-18(15)17(11-16)14-4-3-7-22-8-5-14/h5,10-12,22H,3-4,6-9,21H2,1-2H3,(H2,23,24,25). The number of nitrogens with two attached hydrogens (primary N) is 1. The van der Waals surface area contributed by atoms with E-state index in [1.807, 2.05) is 19.9 Å². The fourth-order valence-electron chi connectivity index (χ4n) is 3.82. The van der Waals surface area contributed by atoms with E-state index in [2.05, 4.69) is 39.2 Å². The van der Waals surface area contributed by atoms with E-state index in [1.54, 1.807) is 0 Å². The second-order valence-corrected chi connectivity index (χ2v) is 7.43. The predicted octanol–water partition coefficient (Wildman–Crippen LogP) is 2.34. The van der Waals surface area contributed by atoms with Crippen molar-refractivity contribution >= 4 is 17.2 Å². The summed E-state index contributed by atoms with van der Waals surface area (Å²) in [7, 11) is 0. The van der Waals surface area contributed by atoms with Gasteiger partial charge in [-0.05, 0) is 57.0 Å². The minimum Gasteiger partial charge on any atom is -0.492 e. The Labute approximate surface area is 154 Å². The highest BCUT2D eigenvalue weighted by Gasteiger charge is 2.24. The molecule has 0 aliphatic carbocycles. The molecular weight excluding hydrogens is 326 g/mol. The molecule has 3 heterocycles. The number of nitrogens with one attached hydrogen (secondary N) is 3. The van der Waals surface area contributed by atoms with E-state index in [0.29, 0.717) is 5.96 Å². The van der Waals surface area contributed by atoms with Crippen molar-refractivity contribution in [2.24, 2.45) is 10.7 Å². The average molecular weight is 353 g/mol. The Hall–Kier alpha value is -2.31. The van der Waals surface area contributed by atoms with Gasteiger partial charge in [-0.2, -0.15) is 0 Å². The number of guanidine groups is 1. The number of fused-ring (bicyclic) bond motifs is 1. The Balaban J connectivity index is 1.67. The highest BCUT2D eigenvalue weighted by atomic mass is 16.5. The van der Waals surface area contributed by atoms with Crippen LogP contribution in [-0.4, -0.2) is 31.3 Å². The molecule has 0 saturated heterocycles. The highest BCUT2D eigenvalue weighted by molar-refractivity contribution is 5.96. The molecule has 6 heteroatoms. The molecular formula is C20H27N5O. The maximum Gasteiger partial charge on any atom is 0.202 e. The van der Waals surface area contributed by atoms with E-state index < -0.39 is 5.66 Å². The van der Waals surface area contributed by atoms with Crippen LogP contribution >= 0.6 is 0 Å². The Morgan fingerprint density at radius 1 is 1.31 bits per heavy atom.